The maximum Gasteiger partial charge on any atom is 0.261 e. The highest BCUT2D eigenvalue weighted by molar-refractivity contribution is 7.89. The van der Waals surface area contributed by atoms with Crippen molar-refractivity contribution in [3.05, 3.63) is 84.2 Å². The van der Waals surface area contributed by atoms with Crippen molar-refractivity contribution in [2.75, 3.05) is 6.54 Å². The molecule has 0 saturated carbocycles. The number of rotatable bonds is 10. The smallest absolute Gasteiger partial charge is 0.261 e. The first-order chi connectivity index (χ1) is 17.3. The Morgan fingerprint density at radius 1 is 0.944 bits per heavy atom. The summed E-state index contributed by atoms with van der Waals surface area (Å²) in [7, 11) is -4.15. The highest BCUT2D eigenvalue weighted by Crippen LogP contribution is 2.24. The van der Waals surface area contributed by atoms with Gasteiger partial charge in [0.25, 0.3) is 17.7 Å². The maximum absolute atomic E-state index is 12.9. The van der Waals surface area contributed by atoms with Crippen LogP contribution in [0.25, 0.3) is 0 Å². The number of ether oxygens (including phenoxy) is 1. The van der Waals surface area contributed by atoms with Crippen LogP contribution in [0, 0.1) is 0 Å². The van der Waals surface area contributed by atoms with Crippen LogP contribution in [0.4, 0.5) is 0 Å². The van der Waals surface area contributed by atoms with Gasteiger partial charge < -0.3 is 4.74 Å². The number of benzene rings is 2. The van der Waals surface area contributed by atoms with Crippen LogP contribution < -0.4 is 14.9 Å². The van der Waals surface area contributed by atoms with Gasteiger partial charge in [0, 0.05) is 18.9 Å². The standard InChI is InChI=1S/C24H22N4O7S/c29-22(26-32)21(6-3-15-28-23(30)19-4-1-2-5-20(19)24(28)31)27-36(33,34)18-9-7-16(8-10-18)35-17-11-13-25-14-12-17/h1-2,4-5,7-14,21,27,32H,3,6,15H2,(H,26,29)/t21-/m1/s1. The van der Waals surface area contributed by atoms with Gasteiger partial charge in [-0.15, -0.1) is 0 Å². The molecule has 3 amide bonds. The largest absolute Gasteiger partial charge is 0.457 e. The van der Waals surface area contributed by atoms with Gasteiger partial charge >= 0.3 is 0 Å². The number of aromatic nitrogens is 1. The van der Waals surface area contributed by atoms with Gasteiger partial charge in [0.2, 0.25) is 10.0 Å². The normalized spacial score (nSPS) is 13.9. The van der Waals surface area contributed by atoms with E-state index in [2.05, 4.69) is 9.71 Å². The van der Waals surface area contributed by atoms with Crippen molar-refractivity contribution in [2.24, 2.45) is 0 Å². The second kappa shape index (κ2) is 10.6. The number of sulfonamides is 1. The Labute approximate surface area is 206 Å². The van der Waals surface area contributed by atoms with Gasteiger partial charge in [-0.3, -0.25) is 29.5 Å². The zero-order valence-corrected chi connectivity index (χ0v) is 19.6. The van der Waals surface area contributed by atoms with E-state index >= 15 is 0 Å². The third-order valence-electron chi connectivity index (χ3n) is 5.50. The monoisotopic (exact) mass is 510 g/mol. The number of fused-ring (bicyclic) bond motifs is 1. The lowest BCUT2D eigenvalue weighted by Gasteiger charge is -2.19. The Bertz CT molecular complexity index is 1340. The van der Waals surface area contributed by atoms with Crippen molar-refractivity contribution in [1.29, 1.82) is 0 Å². The number of nitrogens with zero attached hydrogens (tertiary/aromatic N) is 2. The van der Waals surface area contributed by atoms with Gasteiger partial charge in [0.15, 0.2) is 0 Å². The Morgan fingerprint density at radius 2 is 1.53 bits per heavy atom. The van der Waals surface area contributed by atoms with E-state index in [-0.39, 0.29) is 24.3 Å². The minimum atomic E-state index is -4.15. The van der Waals surface area contributed by atoms with Gasteiger partial charge in [0.05, 0.1) is 16.0 Å². The minimum absolute atomic E-state index is 0.0235. The molecule has 0 bridgehead atoms. The summed E-state index contributed by atoms with van der Waals surface area (Å²) in [6, 6.07) is 13.9. The van der Waals surface area contributed by atoms with E-state index in [1.165, 1.54) is 29.7 Å². The van der Waals surface area contributed by atoms with Crippen molar-refractivity contribution < 1.29 is 32.7 Å². The van der Waals surface area contributed by atoms with Crippen molar-refractivity contribution in [2.45, 2.75) is 23.8 Å². The first kappa shape index (κ1) is 25.0. The molecular formula is C24H22N4O7S. The Hall–Kier alpha value is -4.13. The molecule has 2 aromatic carbocycles. The molecule has 36 heavy (non-hydrogen) atoms. The molecule has 0 aliphatic carbocycles. The fourth-order valence-electron chi connectivity index (χ4n) is 3.70. The fraction of sp³-hybridized carbons (Fsp3) is 0.167. The molecular weight excluding hydrogens is 488 g/mol. The molecule has 1 aliphatic heterocycles. The fourth-order valence-corrected chi connectivity index (χ4v) is 4.93. The van der Waals surface area contributed by atoms with E-state index in [0.29, 0.717) is 22.6 Å². The van der Waals surface area contributed by atoms with Crippen LogP contribution in [0.1, 0.15) is 33.6 Å². The van der Waals surface area contributed by atoms with Gasteiger partial charge in [-0.05, 0) is 61.4 Å². The number of imide groups is 1. The summed E-state index contributed by atoms with van der Waals surface area (Å²) in [5.41, 5.74) is 2.04. The van der Waals surface area contributed by atoms with Crippen molar-refractivity contribution in [3.8, 4) is 11.5 Å². The summed E-state index contributed by atoms with van der Waals surface area (Å²) in [5, 5.41) is 9.09. The molecule has 3 aromatic rings. The number of pyridine rings is 1. The van der Waals surface area contributed by atoms with E-state index in [9.17, 15) is 22.8 Å². The second-order valence-corrected chi connectivity index (χ2v) is 9.57. The van der Waals surface area contributed by atoms with E-state index in [1.807, 2.05) is 0 Å². The van der Waals surface area contributed by atoms with Crippen LogP contribution in [-0.2, 0) is 14.8 Å². The number of hydrogen-bond donors (Lipinski definition) is 3. The summed E-state index contributed by atoms with van der Waals surface area (Å²) in [6.07, 6.45) is 3.14. The van der Waals surface area contributed by atoms with Crippen LogP contribution in [-0.4, -0.2) is 53.8 Å². The molecule has 0 saturated heterocycles. The van der Waals surface area contributed by atoms with Crippen LogP contribution in [0.15, 0.2) is 78.0 Å². The second-order valence-electron chi connectivity index (χ2n) is 7.86. The minimum Gasteiger partial charge on any atom is -0.457 e. The molecule has 12 heteroatoms. The van der Waals surface area contributed by atoms with E-state index < -0.39 is 33.8 Å². The lowest BCUT2D eigenvalue weighted by atomic mass is 10.1. The van der Waals surface area contributed by atoms with Crippen molar-refractivity contribution >= 4 is 27.7 Å². The first-order valence-corrected chi connectivity index (χ1v) is 12.4. The van der Waals surface area contributed by atoms with Crippen LogP contribution in [0.2, 0.25) is 0 Å². The van der Waals surface area contributed by atoms with Crippen molar-refractivity contribution in [1.82, 2.24) is 20.1 Å². The summed E-state index contributed by atoms with van der Waals surface area (Å²) in [5.74, 6) is -0.956. The Balaban J connectivity index is 1.39. The number of amides is 3. The topological polar surface area (TPSA) is 155 Å². The van der Waals surface area contributed by atoms with E-state index in [1.54, 1.807) is 48.8 Å². The average Bonchev–Trinajstić information content (AvgIpc) is 3.13. The molecule has 0 radical (unpaired) electrons. The van der Waals surface area contributed by atoms with Gasteiger partial charge in [0.1, 0.15) is 17.5 Å². The zero-order chi connectivity index (χ0) is 25.7. The summed E-state index contributed by atoms with van der Waals surface area (Å²) >= 11 is 0. The third kappa shape index (κ3) is 5.40. The van der Waals surface area contributed by atoms with Gasteiger partial charge in [-0.2, -0.15) is 4.72 Å². The number of carbonyl (C=O) groups is 3. The molecule has 2 heterocycles. The molecule has 4 rings (SSSR count). The van der Waals surface area contributed by atoms with Crippen LogP contribution in [0.3, 0.4) is 0 Å². The number of hydroxylamine groups is 1. The van der Waals surface area contributed by atoms with Crippen LogP contribution >= 0.6 is 0 Å². The molecule has 11 nitrogen and oxygen atoms in total. The van der Waals surface area contributed by atoms with Crippen LogP contribution in [0.5, 0.6) is 11.5 Å². The predicted molar refractivity (Wildman–Crippen MR) is 126 cm³/mol. The lowest BCUT2D eigenvalue weighted by Crippen LogP contribution is -2.46. The molecule has 1 aliphatic rings. The number of hydrogen-bond acceptors (Lipinski definition) is 8. The first-order valence-electron chi connectivity index (χ1n) is 10.9. The molecule has 1 atom stereocenters. The zero-order valence-electron chi connectivity index (χ0n) is 18.8. The van der Waals surface area contributed by atoms with Gasteiger partial charge in [-0.25, -0.2) is 13.9 Å². The Morgan fingerprint density at radius 3 is 2.11 bits per heavy atom. The summed E-state index contributed by atoms with van der Waals surface area (Å²) < 4.78 is 33.6. The van der Waals surface area contributed by atoms with E-state index in [0.717, 1.165) is 4.90 Å². The predicted octanol–water partition coefficient (Wildman–Crippen LogP) is 2.10. The maximum atomic E-state index is 12.9. The van der Waals surface area contributed by atoms with E-state index in [4.69, 9.17) is 9.94 Å². The third-order valence-corrected chi connectivity index (χ3v) is 6.98. The molecule has 186 valence electrons. The summed E-state index contributed by atoms with van der Waals surface area (Å²) in [4.78, 5) is 41.9. The number of nitrogens with one attached hydrogen (secondary N) is 2. The molecule has 0 fully saturated rings. The van der Waals surface area contributed by atoms with Crippen molar-refractivity contribution in [3.63, 3.8) is 0 Å². The molecule has 0 spiro atoms. The average molecular weight is 511 g/mol. The highest BCUT2D eigenvalue weighted by Gasteiger charge is 2.35. The van der Waals surface area contributed by atoms with Gasteiger partial charge in [-0.1, -0.05) is 12.1 Å². The summed E-state index contributed by atoms with van der Waals surface area (Å²) in [6.45, 7) is -0.0235. The quantitative estimate of drug-likeness (QED) is 0.213. The highest BCUT2D eigenvalue weighted by atomic mass is 32.2. The SMILES string of the molecule is O=C(NO)[C@@H](CCCN1C(=O)c2ccccc2C1=O)NS(=O)(=O)c1ccc(Oc2ccncc2)cc1. The Kier molecular flexibility index (Phi) is 7.38. The molecule has 1 aromatic heterocycles. The lowest BCUT2D eigenvalue weighted by molar-refractivity contribution is -0.131. The molecule has 0 unspecified atom stereocenters. The number of carbonyl (C=O) groups excluding carboxylic acids is 3. The molecule has 3 N–H and O–H groups in total.